The number of hydrogen-bond donors (Lipinski definition) is 1. The molecular formula is C19H21FN4O4. The fourth-order valence-corrected chi connectivity index (χ4v) is 3.41. The minimum absolute atomic E-state index is 0.0203. The molecule has 1 aromatic carbocycles. The zero-order valence-electron chi connectivity index (χ0n) is 15.6. The average Bonchev–Trinajstić information content (AvgIpc) is 2.67. The molecule has 1 atom stereocenters. The molecule has 3 rings (SSSR count). The van der Waals surface area contributed by atoms with Gasteiger partial charge in [0.25, 0.3) is 0 Å². The number of ether oxygens (including phenoxy) is 1. The number of nitrogens with zero attached hydrogens (tertiary/aromatic N) is 3. The van der Waals surface area contributed by atoms with Crippen molar-refractivity contribution in [3.8, 4) is 0 Å². The quantitative estimate of drug-likeness (QED) is 0.477. The first-order valence-corrected chi connectivity index (χ1v) is 8.89. The van der Waals surface area contributed by atoms with Gasteiger partial charge in [-0.15, -0.1) is 0 Å². The van der Waals surface area contributed by atoms with Gasteiger partial charge in [-0.3, -0.25) is 10.1 Å². The second-order valence-electron chi connectivity index (χ2n) is 6.70. The number of anilines is 2. The molecule has 0 radical (unpaired) electrons. The number of pyridine rings is 1. The van der Waals surface area contributed by atoms with Gasteiger partial charge in [-0.05, 0) is 43.5 Å². The van der Waals surface area contributed by atoms with Crippen LogP contribution in [0, 0.1) is 22.9 Å². The lowest BCUT2D eigenvalue weighted by atomic mass is 10.0. The van der Waals surface area contributed by atoms with E-state index in [9.17, 15) is 19.3 Å². The van der Waals surface area contributed by atoms with Gasteiger partial charge in [0.1, 0.15) is 5.82 Å². The number of aryl methyl sites for hydroxylation is 1. The van der Waals surface area contributed by atoms with E-state index in [-0.39, 0.29) is 28.9 Å². The van der Waals surface area contributed by atoms with E-state index >= 15 is 0 Å². The number of halogens is 1. The molecule has 0 aliphatic carbocycles. The number of carbonyl (C=O) groups excluding carboxylic acids is 1. The minimum atomic E-state index is -0.683. The molecule has 1 aliphatic rings. The van der Waals surface area contributed by atoms with Crippen molar-refractivity contribution in [1.29, 1.82) is 0 Å². The topological polar surface area (TPSA) is 97.6 Å². The van der Waals surface area contributed by atoms with Gasteiger partial charge < -0.3 is 15.0 Å². The lowest BCUT2D eigenvalue weighted by molar-refractivity contribution is -0.384. The Morgan fingerprint density at radius 3 is 2.89 bits per heavy atom. The van der Waals surface area contributed by atoms with Crippen LogP contribution in [0.1, 0.15) is 28.8 Å². The Balaban J connectivity index is 1.79. The summed E-state index contributed by atoms with van der Waals surface area (Å²) in [6, 6.07) is 5.75. The predicted molar refractivity (Wildman–Crippen MR) is 102 cm³/mol. The molecule has 1 N–H and O–H groups in total. The summed E-state index contributed by atoms with van der Waals surface area (Å²) in [5.41, 5.74) is 1.52. The molecule has 0 spiro atoms. The van der Waals surface area contributed by atoms with Gasteiger partial charge in [0, 0.05) is 37.1 Å². The number of carbonyl (C=O) groups is 1. The number of nitrogens with one attached hydrogen (secondary N) is 1. The van der Waals surface area contributed by atoms with Crippen LogP contribution in [0.4, 0.5) is 21.6 Å². The normalized spacial score (nSPS) is 16.5. The Morgan fingerprint density at radius 2 is 2.21 bits per heavy atom. The van der Waals surface area contributed by atoms with Crippen molar-refractivity contribution in [2.45, 2.75) is 25.8 Å². The number of nitro groups is 1. The van der Waals surface area contributed by atoms with Crippen LogP contribution in [0.5, 0.6) is 0 Å². The summed E-state index contributed by atoms with van der Waals surface area (Å²) in [5, 5.41) is 14.5. The Bertz CT molecular complexity index is 905. The van der Waals surface area contributed by atoms with Crippen molar-refractivity contribution in [2.24, 2.45) is 0 Å². The van der Waals surface area contributed by atoms with Gasteiger partial charge in [-0.2, -0.15) is 0 Å². The molecule has 0 saturated carbocycles. The van der Waals surface area contributed by atoms with Crippen LogP contribution < -0.4 is 10.2 Å². The molecular weight excluding hydrogens is 367 g/mol. The summed E-state index contributed by atoms with van der Waals surface area (Å²) in [6.45, 7) is 3.28. The molecule has 8 nitrogen and oxygen atoms in total. The number of rotatable bonds is 5. The Labute approximate surface area is 161 Å². The second kappa shape index (κ2) is 8.20. The number of esters is 1. The van der Waals surface area contributed by atoms with Crippen LogP contribution in [-0.4, -0.2) is 42.1 Å². The largest absolute Gasteiger partial charge is 0.465 e. The summed E-state index contributed by atoms with van der Waals surface area (Å²) in [4.78, 5) is 28.6. The van der Waals surface area contributed by atoms with E-state index in [0.717, 1.165) is 36.7 Å². The van der Waals surface area contributed by atoms with Crippen LogP contribution in [-0.2, 0) is 4.74 Å². The summed E-state index contributed by atoms with van der Waals surface area (Å²) in [7, 11) is 1.20. The zero-order chi connectivity index (χ0) is 20.3. The van der Waals surface area contributed by atoms with E-state index < -0.39 is 10.9 Å². The van der Waals surface area contributed by atoms with Crippen LogP contribution in [0.2, 0.25) is 0 Å². The maximum atomic E-state index is 13.4. The molecule has 1 unspecified atom stereocenters. The van der Waals surface area contributed by atoms with Gasteiger partial charge in [0.2, 0.25) is 5.82 Å². The highest BCUT2D eigenvalue weighted by atomic mass is 19.1. The summed E-state index contributed by atoms with van der Waals surface area (Å²) < 4.78 is 18.0. The fourth-order valence-electron chi connectivity index (χ4n) is 3.41. The fraction of sp³-hybridized carbons (Fsp3) is 0.368. The van der Waals surface area contributed by atoms with Crippen LogP contribution in [0.25, 0.3) is 0 Å². The molecule has 2 heterocycles. The van der Waals surface area contributed by atoms with Crippen molar-refractivity contribution in [3.63, 3.8) is 0 Å². The van der Waals surface area contributed by atoms with Crippen molar-refractivity contribution in [2.75, 3.05) is 30.4 Å². The predicted octanol–water partition coefficient (Wildman–Crippen LogP) is 3.30. The Kier molecular flexibility index (Phi) is 5.72. The zero-order valence-corrected chi connectivity index (χ0v) is 15.6. The minimum Gasteiger partial charge on any atom is -0.465 e. The highest BCUT2D eigenvalue weighted by molar-refractivity contribution is 5.90. The number of aromatic nitrogens is 1. The van der Waals surface area contributed by atoms with Crippen molar-refractivity contribution in [1.82, 2.24) is 4.98 Å². The lowest BCUT2D eigenvalue weighted by Crippen LogP contribution is -2.42. The number of methoxy groups -OCH3 is 1. The molecule has 1 aromatic heterocycles. The first-order valence-electron chi connectivity index (χ1n) is 8.89. The Hall–Kier alpha value is -3.23. The molecule has 1 saturated heterocycles. The van der Waals surface area contributed by atoms with E-state index in [4.69, 9.17) is 0 Å². The van der Waals surface area contributed by atoms with E-state index in [2.05, 4.69) is 19.9 Å². The summed E-state index contributed by atoms with van der Waals surface area (Å²) in [5.74, 6) is -0.850. The molecule has 1 aliphatic heterocycles. The van der Waals surface area contributed by atoms with Gasteiger partial charge in [-0.25, -0.2) is 14.2 Å². The average molecular weight is 388 g/mol. The van der Waals surface area contributed by atoms with E-state index in [1.807, 2.05) is 6.92 Å². The molecule has 0 bridgehead atoms. The Morgan fingerprint density at radius 1 is 1.43 bits per heavy atom. The van der Waals surface area contributed by atoms with Crippen molar-refractivity contribution >= 4 is 23.2 Å². The number of hydrogen-bond acceptors (Lipinski definition) is 7. The van der Waals surface area contributed by atoms with Crippen molar-refractivity contribution in [3.05, 3.63) is 57.5 Å². The molecule has 2 aromatic rings. The molecule has 1 fully saturated rings. The van der Waals surface area contributed by atoms with Crippen LogP contribution in [0.3, 0.4) is 0 Å². The molecule has 0 amide bonds. The highest BCUT2D eigenvalue weighted by Gasteiger charge is 2.26. The van der Waals surface area contributed by atoms with Gasteiger partial charge in [0.15, 0.2) is 0 Å². The van der Waals surface area contributed by atoms with Crippen molar-refractivity contribution < 1.29 is 18.8 Å². The van der Waals surface area contributed by atoms with Gasteiger partial charge in [0.05, 0.1) is 17.6 Å². The first-order chi connectivity index (χ1) is 13.4. The molecule has 9 heteroatoms. The summed E-state index contributed by atoms with van der Waals surface area (Å²) in [6.07, 6.45) is 2.95. The highest BCUT2D eigenvalue weighted by Crippen LogP contribution is 2.28. The second-order valence-corrected chi connectivity index (χ2v) is 6.70. The molecule has 28 heavy (non-hydrogen) atoms. The smallest absolute Gasteiger partial charge is 0.339 e. The third-order valence-corrected chi connectivity index (χ3v) is 4.75. The number of piperidine rings is 1. The maximum Gasteiger partial charge on any atom is 0.339 e. The SMILES string of the molecule is COC(=O)c1cnc(NC2CCCN(c3ccc(F)cc3C)C2)c([N+](=O)[O-])c1. The van der Waals surface area contributed by atoms with E-state index in [1.165, 1.54) is 25.4 Å². The van der Waals surface area contributed by atoms with Gasteiger partial charge in [-0.1, -0.05) is 0 Å². The third kappa shape index (κ3) is 4.19. The first kappa shape index (κ1) is 19.5. The van der Waals surface area contributed by atoms with Crippen LogP contribution >= 0.6 is 0 Å². The third-order valence-electron chi connectivity index (χ3n) is 4.75. The van der Waals surface area contributed by atoms with E-state index in [0.29, 0.717) is 6.54 Å². The standard InChI is InChI=1S/C19H21FN4O4/c1-12-8-14(20)5-6-16(12)23-7-3-4-15(11-23)22-18-17(24(26)27)9-13(10-21-18)19(25)28-2/h5-6,8-10,15H,3-4,7,11H2,1-2H3,(H,21,22). The monoisotopic (exact) mass is 388 g/mol. The van der Waals surface area contributed by atoms with Crippen LogP contribution in [0.15, 0.2) is 30.5 Å². The lowest BCUT2D eigenvalue weighted by Gasteiger charge is -2.35. The molecule has 148 valence electrons. The van der Waals surface area contributed by atoms with E-state index in [1.54, 1.807) is 6.07 Å². The van der Waals surface area contributed by atoms with Gasteiger partial charge >= 0.3 is 11.7 Å². The summed E-state index contributed by atoms with van der Waals surface area (Å²) >= 11 is 0. The number of benzene rings is 1. The maximum absolute atomic E-state index is 13.4.